The minimum absolute atomic E-state index is 0.0513. The molecule has 0 amide bonds. The Morgan fingerprint density at radius 3 is 2.71 bits per heavy atom. The van der Waals surface area contributed by atoms with Crippen molar-refractivity contribution in [2.45, 2.75) is 13.3 Å². The van der Waals surface area contributed by atoms with Crippen molar-refractivity contribution in [3.63, 3.8) is 0 Å². The number of halogens is 1. The highest BCUT2D eigenvalue weighted by Crippen LogP contribution is 2.23. The minimum Gasteiger partial charge on any atom is -0.258 e. The molecule has 0 N–H and O–H groups in total. The van der Waals surface area contributed by atoms with Gasteiger partial charge in [-0.2, -0.15) is 9.65 Å². The van der Waals surface area contributed by atoms with Crippen LogP contribution in [0.2, 0.25) is 0 Å². The molecular formula is C9H7FN2O2. The number of rotatable bonds is 2. The van der Waals surface area contributed by atoms with Crippen molar-refractivity contribution in [2.24, 2.45) is 0 Å². The van der Waals surface area contributed by atoms with Gasteiger partial charge in [0.25, 0.3) is 0 Å². The highest BCUT2D eigenvalue weighted by Gasteiger charge is 2.18. The normalized spacial score (nSPS) is 9.50. The van der Waals surface area contributed by atoms with E-state index in [2.05, 4.69) is 0 Å². The number of benzene rings is 1. The van der Waals surface area contributed by atoms with E-state index >= 15 is 0 Å². The topological polar surface area (TPSA) is 66.9 Å². The average Bonchev–Trinajstić information content (AvgIpc) is 2.01. The molecule has 72 valence electrons. The molecule has 0 saturated carbocycles. The van der Waals surface area contributed by atoms with Crippen LogP contribution in [0, 0.1) is 34.2 Å². The Kier molecular flexibility index (Phi) is 2.77. The predicted molar refractivity (Wildman–Crippen MR) is 47.1 cm³/mol. The van der Waals surface area contributed by atoms with Gasteiger partial charge in [-0.1, -0.05) is 0 Å². The highest BCUT2D eigenvalue weighted by atomic mass is 19.1. The molecule has 0 fully saturated rings. The molecule has 0 aliphatic rings. The average molecular weight is 194 g/mol. The van der Waals surface area contributed by atoms with Gasteiger partial charge in [0.05, 0.1) is 17.4 Å². The Morgan fingerprint density at radius 1 is 1.64 bits per heavy atom. The maximum absolute atomic E-state index is 13.1. The molecule has 4 nitrogen and oxygen atoms in total. The summed E-state index contributed by atoms with van der Waals surface area (Å²) in [5, 5.41) is 18.8. The Labute approximate surface area is 79.7 Å². The Balaban J connectivity index is 3.26. The summed E-state index contributed by atoms with van der Waals surface area (Å²) >= 11 is 0. The number of hydrogen-bond donors (Lipinski definition) is 0. The second kappa shape index (κ2) is 3.83. The Bertz CT molecular complexity index is 400. The summed E-state index contributed by atoms with van der Waals surface area (Å²) in [6.45, 7) is 1.45. The van der Waals surface area contributed by atoms with E-state index in [-0.39, 0.29) is 12.0 Å². The molecule has 0 aliphatic heterocycles. The number of aryl methyl sites for hydroxylation is 1. The molecule has 0 spiro atoms. The van der Waals surface area contributed by atoms with Crippen molar-refractivity contribution >= 4 is 5.69 Å². The number of nitrogens with zero attached hydrogens (tertiary/aromatic N) is 2. The van der Waals surface area contributed by atoms with Crippen LogP contribution in [0.5, 0.6) is 0 Å². The lowest BCUT2D eigenvalue weighted by Crippen LogP contribution is -1.97. The summed E-state index contributed by atoms with van der Waals surface area (Å²) in [5.41, 5.74) is 0.167. The molecule has 1 rings (SSSR count). The van der Waals surface area contributed by atoms with Gasteiger partial charge in [-0.05, 0) is 24.6 Å². The van der Waals surface area contributed by atoms with Crippen molar-refractivity contribution in [3.05, 3.63) is 39.2 Å². The summed E-state index contributed by atoms with van der Waals surface area (Å²) in [6, 6.07) is 4.32. The fraction of sp³-hybridized carbons (Fsp3) is 0.222. The Hall–Kier alpha value is -1.96. The van der Waals surface area contributed by atoms with Crippen molar-refractivity contribution in [2.75, 3.05) is 0 Å². The van der Waals surface area contributed by atoms with Gasteiger partial charge < -0.3 is 0 Å². The van der Waals surface area contributed by atoms with Crippen LogP contribution in [0.4, 0.5) is 10.1 Å². The van der Waals surface area contributed by atoms with E-state index in [1.54, 1.807) is 0 Å². The van der Waals surface area contributed by atoms with Crippen LogP contribution >= 0.6 is 0 Å². The standard InChI is InChI=1S/C9H7FN2O2/c1-6-4-7(2-3-11)5-8(10)9(6)12(13)14/h4-5H,2H2,1H3. The minimum atomic E-state index is -0.889. The first-order valence-electron chi connectivity index (χ1n) is 3.86. The summed E-state index contributed by atoms with van der Waals surface area (Å²) < 4.78 is 13.1. The van der Waals surface area contributed by atoms with Crippen LogP contribution in [0.1, 0.15) is 11.1 Å². The largest absolute Gasteiger partial charge is 0.307 e. The Morgan fingerprint density at radius 2 is 2.29 bits per heavy atom. The van der Waals surface area contributed by atoms with E-state index in [0.29, 0.717) is 5.56 Å². The van der Waals surface area contributed by atoms with Crippen molar-refractivity contribution < 1.29 is 9.31 Å². The van der Waals surface area contributed by atoms with E-state index in [0.717, 1.165) is 6.07 Å². The molecule has 0 atom stereocenters. The van der Waals surface area contributed by atoms with E-state index in [4.69, 9.17) is 5.26 Å². The van der Waals surface area contributed by atoms with Crippen molar-refractivity contribution in [1.29, 1.82) is 5.26 Å². The monoisotopic (exact) mass is 194 g/mol. The molecule has 1 aromatic rings. The fourth-order valence-electron chi connectivity index (χ4n) is 1.23. The van der Waals surface area contributed by atoms with Gasteiger partial charge in [-0.25, -0.2) is 0 Å². The zero-order valence-corrected chi connectivity index (χ0v) is 7.45. The van der Waals surface area contributed by atoms with Crippen LogP contribution in [0.25, 0.3) is 0 Å². The quantitative estimate of drug-likeness (QED) is 0.534. The van der Waals surface area contributed by atoms with Gasteiger partial charge in [0.2, 0.25) is 5.82 Å². The molecule has 0 aromatic heterocycles. The lowest BCUT2D eigenvalue weighted by atomic mass is 10.1. The lowest BCUT2D eigenvalue weighted by molar-refractivity contribution is -0.388. The molecule has 1 aromatic carbocycles. The highest BCUT2D eigenvalue weighted by molar-refractivity contribution is 5.43. The predicted octanol–water partition coefficient (Wildman–Crippen LogP) is 2.11. The third-order valence-electron chi connectivity index (χ3n) is 1.78. The molecule has 0 heterocycles. The van der Waals surface area contributed by atoms with Crippen molar-refractivity contribution in [3.8, 4) is 6.07 Å². The molecular weight excluding hydrogens is 187 g/mol. The van der Waals surface area contributed by atoms with Gasteiger partial charge in [0, 0.05) is 5.56 Å². The van der Waals surface area contributed by atoms with Crippen LogP contribution in [0.15, 0.2) is 12.1 Å². The molecule has 0 saturated heterocycles. The van der Waals surface area contributed by atoms with Gasteiger partial charge in [-0.3, -0.25) is 10.1 Å². The number of nitro benzene ring substituents is 1. The summed E-state index contributed by atoms with van der Waals surface area (Å²) in [7, 11) is 0. The number of nitro groups is 1. The third kappa shape index (κ3) is 1.85. The van der Waals surface area contributed by atoms with Crippen LogP contribution < -0.4 is 0 Å². The maximum Gasteiger partial charge on any atom is 0.307 e. The van der Waals surface area contributed by atoms with E-state index < -0.39 is 16.4 Å². The first-order chi connectivity index (χ1) is 6.56. The van der Waals surface area contributed by atoms with Crippen molar-refractivity contribution in [1.82, 2.24) is 0 Å². The first-order valence-corrected chi connectivity index (χ1v) is 3.86. The van der Waals surface area contributed by atoms with E-state index in [9.17, 15) is 14.5 Å². The second-order valence-corrected chi connectivity index (χ2v) is 2.84. The molecule has 0 bridgehead atoms. The summed E-state index contributed by atoms with van der Waals surface area (Å²) in [5.74, 6) is -0.889. The van der Waals surface area contributed by atoms with E-state index in [1.807, 2.05) is 6.07 Å². The molecule has 0 radical (unpaired) electrons. The molecule has 0 aliphatic carbocycles. The lowest BCUT2D eigenvalue weighted by Gasteiger charge is -2.00. The number of nitriles is 1. The molecule has 5 heteroatoms. The fourth-order valence-corrected chi connectivity index (χ4v) is 1.23. The number of hydrogen-bond acceptors (Lipinski definition) is 3. The van der Waals surface area contributed by atoms with Crippen LogP contribution in [-0.4, -0.2) is 4.92 Å². The first kappa shape index (κ1) is 10.1. The van der Waals surface area contributed by atoms with Crippen LogP contribution in [0.3, 0.4) is 0 Å². The van der Waals surface area contributed by atoms with Gasteiger partial charge >= 0.3 is 5.69 Å². The van der Waals surface area contributed by atoms with Gasteiger partial charge in [0.1, 0.15) is 0 Å². The van der Waals surface area contributed by atoms with E-state index in [1.165, 1.54) is 13.0 Å². The second-order valence-electron chi connectivity index (χ2n) is 2.84. The van der Waals surface area contributed by atoms with Gasteiger partial charge in [0.15, 0.2) is 0 Å². The van der Waals surface area contributed by atoms with Crippen LogP contribution in [-0.2, 0) is 6.42 Å². The summed E-state index contributed by atoms with van der Waals surface area (Å²) in [4.78, 5) is 9.65. The zero-order chi connectivity index (χ0) is 10.7. The SMILES string of the molecule is Cc1cc(CC#N)cc(F)c1[N+](=O)[O-]. The summed E-state index contributed by atoms with van der Waals surface area (Å²) in [6.07, 6.45) is 0.0513. The maximum atomic E-state index is 13.1. The van der Waals surface area contributed by atoms with Gasteiger partial charge in [-0.15, -0.1) is 0 Å². The zero-order valence-electron chi connectivity index (χ0n) is 7.45. The molecule has 0 unspecified atom stereocenters. The third-order valence-corrected chi connectivity index (χ3v) is 1.78. The smallest absolute Gasteiger partial charge is 0.258 e. The molecule has 14 heavy (non-hydrogen) atoms.